The van der Waals surface area contributed by atoms with Gasteiger partial charge in [0.1, 0.15) is 21.5 Å². The first-order chi connectivity index (χ1) is 11.3. The van der Waals surface area contributed by atoms with E-state index in [1.165, 1.54) is 12.3 Å². The molecule has 1 N–H and O–H groups in total. The summed E-state index contributed by atoms with van der Waals surface area (Å²) in [6.07, 6.45) is 1.18. The Bertz CT molecular complexity index is 707. The van der Waals surface area contributed by atoms with Crippen molar-refractivity contribution in [3.05, 3.63) is 29.8 Å². The summed E-state index contributed by atoms with van der Waals surface area (Å²) in [4.78, 5) is 7.90. The van der Waals surface area contributed by atoms with Gasteiger partial charge in [-0.3, -0.25) is 4.99 Å². The second-order valence-corrected chi connectivity index (χ2v) is 7.93. The first-order valence-electron chi connectivity index (χ1n) is 7.63. The van der Waals surface area contributed by atoms with Gasteiger partial charge in [-0.15, -0.1) is 24.0 Å². The fourth-order valence-electron chi connectivity index (χ4n) is 2.57. The van der Waals surface area contributed by atoms with Gasteiger partial charge in [-0.2, -0.15) is 0 Å². The number of piperazine rings is 1. The van der Waals surface area contributed by atoms with Crippen molar-refractivity contribution < 1.29 is 17.2 Å². The number of hydrogen-bond donors (Lipinski definition) is 1. The lowest BCUT2D eigenvalue weighted by molar-refractivity contribution is 0.371. The van der Waals surface area contributed by atoms with Crippen molar-refractivity contribution >= 4 is 45.5 Å². The zero-order chi connectivity index (χ0) is 17.7. The van der Waals surface area contributed by atoms with Crippen LogP contribution in [0.4, 0.5) is 14.5 Å². The van der Waals surface area contributed by atoms with Gasteiger partial charge in [0.05, 0.1) is 11.4 Å². The van der Waals surface area contributed by atoms with Crippen LogP contribution in [0.1, 0.15) is 0 Å². The van der Waals surface area contributed by atoms with Gasteiger partial charge in [0.15, 0.2) is 5.96 Å². The molecule has 1 aliphatic rings. The van der Waals surface area contributed by atoms with E-state index < -0.39 is 21.5 Å². The van der Waals surface area contributed by atoms with E-state index in [9.17, 15) is 17.2 Å². The Kier molecular flexibility index (Phi) is 8.32. The van der Waals surface area contributed by atoms with Crippen LogP contribution < -0.4 is 10.2 Å². The number of anilines is 1. The molecule has 0 aromatic heterocycles. The van der Waals surface area contributed by atoms with Crippen LogP contribution in [-0.4, -0.2) is 71.1 Å². The summed E-state index contributed by atoms with van der Waals surface area (Å²) >= 11 is 0. The third kappa shape index (κ3) is 6.57. The van der Waals surface area contributed by atoms with Crippen molar-refractivity contribution in [2.24, 2.45) is 4.99 Å². The number of benzene rings is 1. The molecule has 25 heavy (non-hydrogen) atoms. The van der Waals surface area contributed by atoms with Crippen LogP contribution in [0.2, 0.25) is 0 Å². The molecule has 1 fully saturated rings. The zero-order valence-corrected chi connectivity index (χ0v) is 17.4. The van der Waals surface area contributed by atoms with Crippen LogP contribution in [0.15, 0.2) is 23.2 Å². The number of nitrogens with one attached hydrogen (secondary N) is 1. The smallest absolute Gasteiger partial charge is 0.193 e. The second kappa shape index (κ2) is 9.51. The van der Waals surface area contributed by atoms with Gasteiger partial charge in [-0.25, -0.2) is 17.2 Å². The Hall–Kier alpha value is -1.17. The van der Waals surface area contributed by atoms with Crippen molar-refractivity contribution in [1.82, 2.24) is 10.2 Å². The summed E-state index contributed by atoms with van der Waals surface area (Å²) in [7, 11) is -1.41. The van der Waals surface area contributed by atoms with Crippen LogP contribution in [0, 0.1) is 11.6 Å². The number of halogens is 3. The van der Waals surface area contributed by atoms with Crippen LogP contribution in [0.25, 0.3) is 0 Å². The van der Waals surface area contributed by atoms with E-state index in [2.05, 4.69) is 10.3 Å². The maximum Gasteiger partial charge on any atom is 0.193 e. The van der Waals surface area contributed by atoms with Gasteiger partial charge < -0.3 is 15.1 Å². The van der Waals surface area contributed by atoms with Crippen LogP contribution >= 0.6 is 24.0 Å². The lowest BCUT2D eigenvalue weighted by Gasteiger charge is -2.37. The summed E-state index contributed by atoms with van der Waals surface area (Å²) in [5.74, 6) is -0.272. The number of aliphatic imine (C=N–C) groups is 1. The first-order valence-corrected chi connectivity index (χ1v) is 9.69. The fourth-order valence-corrected chi connectivity index (χ4v) is 3.04. The Balaban J connectivity index is 0.00000312. The largest absolute Gasteiger partial charge is 0.366 e. The predicted molar refractivity (Wildman–Crippen MR) is 107 cm³/mol. The van der Waals surface area contributed by atoms with E-state index in [4.69, 9.17) is 0 Å². The first kappa shape index (κ1) is 21.9. The monoisotopic (exact) mass is 488 g/mol. The molecule has 1 aromatic rings. The minimum Gasteiger partial charge on any atom is -0.366 e. The molecule has 0 aliphatic carbocycles. The molecule has 142 valence electrons. The molecule has 0 bridgehead atoms. The average Bonchev–Trinajstić information content (AvgIpc) is 2.53. The van der Waals surface area contributed by atoms with E-state index in [0.717, 1.165) is 12.1 Å². The van der Waals surface area contributed by atoms with E-state index in [-0.39, 0.29) is 42.0 Å². The molecule has 0 atom stereocenters. The zero-order valence-electron chi connectivity index (χ0n) is 14.2. The molecule has 0 radical (unpaired) electrons. The Morgan fingerprint density at radius 2 is 1.88 bits per heavy atom. The van der Waals surface area contributed by atoms with Gasteiger partial charge in [0.2, 0.25) is 0 Å². The van der Waals surface area contributed by atoms with Crippen molar-refractivity contribution in [2.75, 3.05) is 56.7 Å². The Morgan fingerprint density at radius 3 is 2.44 bits per heavy atom. The van der Waals surface area contributed by atoms with Crippen LogP contribution in [-0.2, 0) is 9.84 Å². The molecule has 1 aromatic carbocycles. The second-order valence-electron chi connectivity index (χ2n) is 5.67. The number of rotatable bonds is 4. The van der Waals surface area contributed by atoms with Crippen molar-refractivity contribution in [3.8, 4) is 0 Å². The van der Waals surface area contributed by atoms with E-state index in [1.807, 2.05) is 4.90 Å². The minimum atomic E-state index is -3.03. The summed E-state index contributed by atoms with van der Waals surface area (Å²) in [5.41, 5.74) is 0.259. The van der Waals surface area contributed by atoms with Crippen LogP contribution in [0.5, 0.6) is 0 Å². The lowest BCUT2D eigenvalue weighted by Crippen LogP contribution is -2.53. The average molecular weight is 488 g/mol. The van der Waals surface area contributed by atoms with Gasteiger partial charge in [-0.1, -0.05) is 0 Å². The molecule has 1 saturated heterocycles. The minimum absolute atomic E-state index is 0. The highest BCUT2D eigenvalue weighted by Crippen LogP contribution is 2.21. The van der Waals surface area contributed by atoms with Gasteiger partial charge in [0, 0.05) is 52.1 Å². The highest BCUT2D eigenvalue weighted by molar-refractivity contribution is 14.0. The number of hydrogen-bond acceptors (Lipinski definition) is 4. The summed E-state index contributed by atoms with van der Waals surface area (Å²) in [5, 5.41) is 3.01. The van der Waals surface area contributed by atoms with Crippen LogP contribution in [0.3, 0.4) is 0 Å². The topological polar surface area (TPSA) is 65.0 Å². The fraction of sp³-hybridized carbons (Fsp3) is 0.533. The van der Waals surface area contributed by atoms with Crippen molar-refractivity contribution in [1.29, 1.82) is 0 Å². The molecule has 0 spiro atoms. The third-order valence-corrected chi connectivity index (χ3v) is 4.74. The quantitative estimate of drug-likeness (QED) is 0.394. The molecule has 6 nitrogen and oxygen atoms in total. The van der Waals surface area contributed by atoms with Gasteiger partial charge in [0.25, 0.3) is 0 Å². The van der Waals surface area contributed by atoms with E-state index >= 15 is 0 Å². The SMILES string of the molecule is CN=C(NCCS(C)(=O)=O)N1CCN(c2cc(F)ccc2F)CC1.I. The molecule has 1 aliphatic heterocycles. The molecule has 1 heterocycles. The number of sulfone groups is 1. The number of guanidine groups is 1. The summed E-state index contributed by atoms with van der Waals surface area (Å²) < 4.78 is 49.5. The highest BCUT2D eigenvalue weighted by Gasteiger charge is 2.22. The maximum atomic E-state index is 13.8. The lowest BCUT2D eigenvalue weighted by atomic mass is 10.2. The summed E-state index contributed by atoms with van der Waals surface area (Å²) in [6.45, 7) is 2.48. The standard InChI is InChI=1S/C15H22F2N4O2S.HI/c1-18-15(19-5-10-24(2,22)23)21-8-6-20(7-9-21)14-11-12(16)3-4-13(14)17;/h3-4,11H,5-10H2,1-2H3,(H,18,19);1H. The molecule has 0 unspecified atom stereocenters. The molecule has 2 rings (SSSR count). The predicted octanol–water partition coefficient (Wildman–Crippen LogP) is 1.32. The normalized spacial score (nSPS) is 15.8. The molecular formula is C15H23F2IN4O2S. The molecule has 0 saturated carbocycles. The van der Waals surface area contributed by atoms with Gasteiger partial charge >= 0.3 is 0 Å². The molecule has 10 heteroatoms. The molecular weight excluding hydrogens is 465 g/mol. The third-order valence-electron chi connectivity index (χ3n) is 3.80. The Morgan fingerprint density at radius 1 is 1.24 bits per heavy atom. The summed E-state index contributed by atoms with van der Waals surface area (Å²) in [6, 6.07) is 3.43. The molecule has 0 amide bonds. The van der Waals surface area contributed by atoms with Crippen molar-refractivity contribution in [3.63, 3.8) is 0 Å². The number of nitrogens with zero attached hydrogens (tertiary/aromatic N) is 3. The van der Waals surface area contributed by atoms with Gasteiger partial charge in [-0.05, 0) is 12.1 Å². The van der Waals surface area contributed by atoms with E-state index in [1.54, 1.807) is 11.9 Å². The Labute approximate surface area is 164 Å². The highest BCUT2D eigenvalue weighted by atomic mass is 127. The van der Waals surface area contributed by atoms with Crippen molar-refractivity contribution in [2.45, 2.75) is 0 Å². The van der Waals surface area contributed by atoms with E-state index in [0.29, 0.717) is 32.1 Å². The maximum absolute atomic E-state index is 13.8.